The zero-order chi connectivity index (χ0) is 15.1. The summed E-state index contributed by atoms with van der Waals surface area (Å²) in [7, 11) is 0. The van der Waals surface area contributed by atoms with Gasteiger partial charge >= 0.3 is 12.0 Å². The number of aromatic nitrogens is 1. The van der Waals surface area contributed by atoms with Gasteiger partial charge in [-0.2, -0.15) is 0 Å². The van der Waals surface area contributed by atoms with Gasteiger partial charge in [0.25, 0.3) is 0 Å². The second kappa shape index (κ2) is 7.49. The molecule has 0 spiro atoms. The number of hydrogen-bond donors (Lipinski definition) is 3. The number of rotatable bonds is 5. The third kappa shape index (κ3) is 5.70. The lowest BCUT2D eigenvalue weighted by molar-refractivity contribution is -0.117. The van der Waals surface area contributed by atoms with Crippen molar-refractivity contribution in [2.45, 2.75) is 24.9 Å². The Morgan fingerprint density at radius 3 is 2.70 bits per heavy atom. The zero-order valence-corrected chi connectivity index (χ0v) is 11.9. The van der Waals surface area contributed by atoms with E-state index in [-0.39, 0.29) is 17.4 Å². The third-order valence-corrected chi connectivity index (χ3v) is 2.93. The van der Waals surface area contributed by atoms with Gasteiger partial charge in [0.05, 0.1) is 16.3 Å². The van der Waals surface area contributed by atoms with Gasteiger partial charge in [0.1, 0.15) is 0 Å². The van der Waals surface area contributed by atoms with E-state index >= 15 is 0 Å². The van der Waals surface area contributed by atoms with Gasteiger partial charge in [0, 0.05) is 12.2 Å². The highest BCUT2D eigenvalue weighted by Gasteiger charge is 2.10. The monoisotopic (exact) mass is 297 g/mol. The molecule has 0 saturated heterocycles. The van der Waals surface area contributed by atoms with E-state index in [2.05, 4.69) is 15.6 Å². The summed E-state index contributed by atoms with van der Waals surface area (Å²) in [5.74, 6) is -1.56. The predicted molar refractivity (Wildman–Crippen MR) is 73.7 cm³/mol. The second-order valence-electron chi connectivity index (χ2n) is 4.15. The first kappa shape index (κ1) is 16.0. The average molecular weight is 297 g/mol. The molecule has 0 aromatic carbocycles. The fourth-order valence-corrected chi connectivity index (χ4v) is 1.92. The third-order valence-electron chi connectivity index (χ3n) is 2.01. The first-order valence-electron chi connectivity index (χ1n) is 5.81. The number of nitrogens with one attached hydrogen (secondary N) is 2. The molecule has 1 heterocycles. The predicted octanol–water partition coefficient (Wildman–Crippen LogP) is 1.11. The molecule has 0 radical (unpaired) electrons. The van der Waals surface area contributed by atoms with Crippen LogP contribution in [0.15, 0.2) is 23.4 Å². The maximum atomic E-state index is 11.5. The molecule has 108 valence electrons. The maximum Gasteiger partial charge on any atom is 0.335 e. The van der Waals surface area contributed by atoms with Gasteiger partial charge < -0.3 is 10.4 Å². The van der Waals surface area contributed by atoms with Crippen molar-refractivity contribution in [1.29, 1.82) is 0 Å². The van der Waals surface area contributed by atoms with Crippen molar-refractivity contribution in [2.24, 2.45) is 0 Å². The molecule has 3 N–H and O–H groups in total. The van der Waals surface area contributed by atoms with E-state index in [9.17, 15) is 14.4 Å². The number of urea groups is 1. The summed E-state index contributed by atoms with van der Waals surface area (Å²) in [5, 5.41) is 13.9. The summed E-state index contributed by atoms with van der Waals surface area (Å²) in [6.07, 6.45) is 1.36. The van der Waals surface area contributed by atoms with Crippen LogP contribution in [0, 0.1) is 0 Å². The number of carboxylic acids is 1. The molecule has 0 atom stereocenters. The van der Waals surface area contributed by atoms with Crippen molar-refractivity contribution in [2.75, 3.05) is 5.75 Å². The summed E-state index contributed by atoms with van der Waals surface area (Å²) in [4.78, 5) is 37.5. The fraction of sp³-hybridized carbons (Fsp3) is 0.333. The molecule has 0 fully saturated rings. The molecule has 1 rings (SSSR count). The van der Waals surface area contributed by atoms with E-state index in [1.807, 2.05) is 0 Å². The van der Waals surface area contributed by atoms with Crippen molar-refractivity contribution in [3.63, 3.8) is 0 Å². The molecule has 3 amide bonds. The molecular weight excluding hydrogens is 282 g/mol. The molecule has 20 heavy (non-hydrogen) atoms. The molecule has 0 saturated carbocycles. The minimum atomic E-state index is -1.06. The largest absolute Gasteiger partial charge is 0.478 e. The Hall–Kier alpha value is -2.09. The van der Waals surface area contributed by atoms with E-state index in [0.29, 0.717) is 5.03 Å². The number of hydrogen-bond acceptors (Lipinski definition) is 5. The Balaban J connectivity index is 2.47. The van der Waals surface area contributed by atoms with E-state index in [1.165, 1.54) is 18.3 Å². The van der Waals surface area contributed by atoms with Crippen LogP contribution >= 0.6 is 11.8 Å². The number of amides is 3. The van der Waals surface area contributed by atoms with Gasteiger partial charge in [-0.3, -0.25) is 10.1 Å². The highest BCUT2D eigenvalue weighted by atomic mass is 32.2. The molecule has 7 nitrogen and oxygen atoms in total. The lowest BCUT2D eigenvalue weighted by Gasteiger charge is -2.08. The van der Waals surface area contributed by atoms with Crippen LogP contribution < -0.4 is 10.6 Å². The topological polar surface area (TPSA) is 108 Å². The summed E-state index contributed by atoms with van der Waals surface area (Å²) < 4.78 is 0. The fourth-order valence-electron chi connectivity index (χ4n) is 1.22. The Morgan fingerprint density at radius 1 is 1.40 bits per heavy atom. The summed E-state index contributed by atoms with van der Waals surface area (Å²) in [6.45, 7) is 3.56. The van der Waals surface area contributed by atoms with E-state index in [4.69, 9.17) is 5.11 Å². The molecule has 0 aliphatic heterocycles. The van der Waals surface area contributed by atoms with E-state index in [1.54, 1.807) is 13.8 Å². The number of imide groups is 1. The number of pyridine rings is 1. The first-order valence-corrected chi connectivity index (χ1v) is 6.79. The molecule has 8 heteroatoms. The van der Waals surface area contributed by atoms with Crippen molar-refractivity contribution >= 4 is 29.7 Å². The number of aromatic carboxylic acids is 1. The van der Waals surface area contributed by atoms with E-state index in [0.717, 1.165) is 11.8 Å². The molecular formula is C12H15N3O4S. The van der Waals surface area contributed by atoms with Crippen molar-refractivity contribution in [3.8, 4) is 0 Å². The standard InChI is InChI=1S/C12H15N3O4S/c1-7(2)14-12(19)15-9(16)6-20-10-5-8(11(17)18)3-4-13-10/h3-5,7H,6H2,1-2H3,(H,17,18)(H2,14,15,16,19). The van der Waals surface area contributed by atoms with Crippen molar-refractivity contribution < 1.29 is 19.5 Å². The Labute approximate surface area is 120 Å². The van der Waals surface area contributed by atoms with Gasteiger partial charge in [-0.05, 0) is 26.0 Å². The van der Waals surface area contributed by atoms with Crippen LogP contribution in [0.5, 0.6) is 0 Å². The van der Waals surface area contributed by atoms with Gasteiger partial charge in [0.15, 0.2) is 0 Å². The van der Waals surface area contributed by atoms with Crippen LogP contribution in [0.2, 0.25) is 0 Å². The maximum absolute atomic E-state index is 11.5. The number of carbonyl (C=O) groups is 3. The van der Waals surface area contributed by atoms with E-state index < -0.39 is 17.9 Å². The minimum Gasteiger partial charge on any atom is -0.478 e. The smallest absolute Gasteiger partial charge is 0.335 e. The molecule has 0 aliphatic rings. The SMILES string of the molecule is CC(C)NC(=O)NC(=O)CSc1cc(C(=O)O)ccn1. The zero-order valence-electron chi connectivity index (χ0n) is 11.0. The van der Waals surface area contributed by atoms with Crippen molar-refractivity contribution in [3.05, 3.63) is 23.9 Å². The Bertz CT molecular complexity index is 519. The lowest BCUT2D eigenvalue weighted by atomic mass is 10.3. The number of thioether (sulfide) groups is 1. The van der Waals surface area contributed by atoms with Gasteiger partial charge in [-0.25, -0.2) is 14.6 Å². The minimum absolute atomic E-state index is 0.0262. The van der Waals surface area contributed by atoms with Gasteiger partial charge in [-0.15, -0.1) is 0 Å². The first-order chi connectivity index (χ1) is 9.38. The lowest BCUT2D eigenvalue weighted by Crippen LogP contribution is -2.43. The second-order valence-corrected chi connectivity index (χ2v) is 5.15. The Kier molecular flexibility index (Phi) is 5.98. The van der Waals surface area contributed by atoms with Crippen LogP contribution in [0.25, 0.3) is 0 Å². The van der Waals surface area contributed by atoms with Crippen LogP contribution in [0.1, 0.15) is 24.2 Å². The highest BCUT2D eigenvalue weighted by Crippen LogP contribution is 2.15. The van der Waals surface area contributed by atoms with Crippen LogP contribution in [0.4, 0.5) is 4.79 Å². The van der Waals surface area contributed by atoms with Crippen LogP contribution in [-0.4, -0.2) is 39.8 Å². The molecule has 1 aromatic heterocycles. The summed E-state index contributed by atoms with van der Waals surface area (Å²) in [6, 6.07) is 2.11. The average Bonchev–Trinajstić information content (AvgIpc) is 2.35. The van der Waals surface area contributed by atoms with Crippen LogP contribution in [0.3, 0.4) is 0 Å². The van der Waals surface area contributed by atoms with Crippen molar-refractivity contribution in [1.82, 2.24) is 15.6 Å². The van der Waals surface area contributed by atoms with Crippen LogP contribution in [-0.2, 0) is 4.79 Å². The molecule has 1 aromatic rings. The number of carboxylic acid groups (broad SMARTS) is 1. The molecule has 0 bridgehead atoms. The summed E-state index contributed by atoms with van der Waals surface area (Å²) in [5.41, 5.74) is 0.0976. The normalized spacial score (nSPS) is 10.2. The number of nitrogens with zero attached hydrogens (tertiary/aromatic N) is 1. The van der Waals surface area contributed by atoms with Gasteiger partial charge in [-0.1, -0.05) is 11.8 Å². The van der Waals surface area contributed by atoms with Gasteiger partial charge in [0.2, 0.25) is 5.91 Å². The quantitative estimate of drug-likeness (QED) is 0.702. The molecule has 0 unspecified atom stereocenters. The Morgan fingerprint density at radius 2 is 2.10 bits per heavy atom. The number of carbonyl (C=O) groups excluding carboxylic acids is 2. The summed E-state index contributed by atoms with van der Waals surface area (Å²) >= 11 is 1.05. The highest BCUT2D eigenvalue weighted by molar-refractivity contribution is 7.99. The molecule has 0 aliphatic carbocycles.